The minimum Gasteiger partial charge on any atom is -0.333 e. The van der Waals surface area contributed by atoms with Crippen LogP contribution in [0, 0.1) is 6.92 Å². The molecule has 110 valence electrons. The molecule has 0 aliphatic rings. The summed E-state index contributed by atoms with van der Waals surface area (Å²) in [7, 11) is 0. The third kappa shape index (κ3) is 3.93. The molecule has 0 aliphatic carbocycles. The third-order valence-electron chi connectivity index (χ3n) is 3.32. The van der Waals surface area contributed by atoms with Crippen molar-refractivity contribution in [3.05, 3.63) is 69.7 Å². The standard InChI is InChI=1S/C17H19BrN2O/c1-13-6-5-9-15(16(13)18)17(21)20(11-10-19)12-14-7-3-2-4-8-14/h2-9H,10-12,19H2,1H3. The summed E-state index contributed by atoms with van der Waals surface area (Å²) in [5.74, 6) is -0.000113. The molecule has 21 heavy (non-hydrogen) atoms. The Morgan fingerprint density at radius 1 is 1.14 bits per heavy atom. The summed E-state index contributed by atoms with van der Waals surface area (Å²) in [4.78, 5) is 14.5. The average molecular weight is 347 g/mol. The second-order valence-electron chi connectivity index (χ2n) is 4.94. The minimum absolute atomic E-state index is 0.000113. The SMILES string of the molecule is Cc1cccc(C(=O)N(CCN)Cc2ccccc2)c1Br. The number of amides is 1. The maximum absolute atomic E-state index is 12.8. The molecule has 0 spiro atoms. The predicted molar refractivity (Wildman–Crippen MR) is 89.1 cm³/mol. The lowest BCUT2D eigenvalue weighted by Crippen LogP contribution is -2.35. The number of aryl methyl sites for hydroxylation is 1. The predicted octanol–water partition coefficient (Wildman–Crippen LogP) is 3.36. The molecule has 0 aliphatic heterocycles. The summed E-state index contributed by atoms with van der Waals surface area (Å²) < 4.78 is 0.852. The molecule has 0 aromatic heterocycles. The molecule has 4 heteroatoms. The van der Waals surface area contributed by atoms with Gasteiger partial charge in [0.15, 0.2) is 0 Å². The maximum atomic E-state index is 12.8. The fourth-order valence-electron chi connectivity index (χ4n) is 2.19. The Bertz CT molecular complexity index is 613. The summed E-state index contributed by atoms with van der Waals surface area (Å²) in [6.45, 7) is 3.53. The zero-order valence-electron chi connectivity index (χ0n) is 12.1. The van der Waals surface area contributed by atoms with Gasteiger partial charge in [-0.05, 0) is 40.0 Å². The number of halogens is 1. The Hall–Kier alpha value is -1.65. The average Bonchev–Trinajstić information content (AvgIpc) is 2.50. The van der Waals surface area contributed by atoms with Crippen molar-refractivity contribution < 1.29 is 4.79 Å². The van der Waals surface area contributed by atoms with E-state index in [1.807, 2.05) is 55.5 Å². The van der Waals surface area contributed by atoms with Crippen molar-refractivity contribution >= 4 is 21.8 Å². The van der Waals surface area contributed by atoms with E-state index in [0.29, 0.717) is 25.2 Å². The van der Waals surface area contributed by atoms with Crippen LogP contribution in [0.1, 0.15) is 21.5 Å². The van der Waals surface area contributed by atoms with Gasteiger partial charge in [-0.2, -0.15) is 0 Å². The van der Waals surface area contributed by atoms with Crippen molar-refractivity contribution in [2.75, 3.05) is 13.1 Å². The van der Waals surface area contributed by atoms with Gasteiger partial charge in [0, 0.05) is 24.1 Å². The van der Waals surface area contributed by atoms with Crippen molar-refractivity contribution in [1.29, 1.82) is 0 Å². The monoisotopic (exact) mass is 346 g/mol. The van der Waals surface area contributed by atoms with Gasteiger partial charge in [-0.15, -0.1) is 0 Å². The number of carbonyl (C=O) groups is 1. The van der Waals surface area contributed by atoms with Crippen LogP contribution in [-0.4, -0.2) is 23.9 Å². The molecule has 0 heterocycles. The van der Waals surface area contributed by atoms with E-state index < -0.39 is 0 Å². The van der Waals surface area contributed by atoms with E-state index in [1.54, 1.807) is 4.90 Å². The number of hydrogen-bond acceptors (Lipinski definition) is 2. The molecule has 2 rings (SSSR count). The van der Waals surface area contributed by atoms with Crippen molar-refractivity contribution in [2.45, 2.75) is 13.5 Å². The topological polar surface area (TPSA) is 46.3 Å². The van der Waals surface area contributed by atoms with Crippen LogP contribution in [0.5, 0.6) is 0 Å². The van der Waals surface area contributed by atoms with Crippen molar-refractivity contribution in [1.82, 2.24) is 4.90 Å². The lowest BCUT2D eigenvalue weighted by molar-refractivity contribution is 0.0747. The lowest BCUT2D eigenvalue weighted by Gasteiger charge is -2.23. The highest BCUT2D eigenvalue weighted by Crippen LogP contribution is 2.23. The number of nitrogens with zero attached hydrogens (tertiary/aromatic N) is 1. The lowest BCUT2D eigenvalue weighted by atomic mass is 10.1. The highest BCUT2D eigenvalue weighted by atomic mass is 79.9. The molecule has 0 atom stereocenters. The first-order chi connectivity index (χ1) is 10.1. The minimum atomic E-state index is -0.000113. The van der Waals surface area contributed by atoms with Crippen molar-refractivity contribution in [3.63, 3.8) is 0 Å². The van der Waals surface area contributed by atoms with Gasteiger partial charge in [0.05, 0.1) is 5.56 Å². The number of hydrogen-bond donors (Lipinski definition) is 1. The summed E-state index contributed by atoms with van der Waals surface area (Å²) in [6.07, 6.45) is 0. The molecule has 0 bridgehead atoms. The second-order valence-corrected chi connectivity index (χ2v) is 5.73. The Labute approximate surface area is 133 Å². The van der Waals surface area contributed by atoms with E-state index in [1.165, 1.54) is 0 Å². The first-order valence-corrected chi connectivity index (χ1v) is 7.71. The van der Waals surface area contributed by atoms with Crippen LogP contribution < -0.4 is 5.73 Å². The van der Waals surface area contributed by atoms with Crippen molar-refractivity contribution in [2.24, 2.45) is 5.73 Å². The zero-order chi connectivity index (χ0) is 15.2. The number of nitrogens with two attached hydrogens (primary N) is 1. The molecule has 0 saturated heterocycles. The van der Waals surface area contributed by atoms with E-state index in [9.17, 15) is 4.79 Å². The Morgan fingerprint density at radius 3 is 2.52 bits per heavy atom. The first kappa shape index (κ1) is 15.7. The fraction of sp³-hybridized carbons (Fsp3) is 0.235. The highest BCUT2D eigenvalue weighted by Gasteiger charge is 2.18. The van der Waals surface area contributed by atoms with E-state index in [-0.39, 0.29) is 5.91 Å². The van der Waals surface area contributed by atoms with Gasteiger partial charge in [-0.3, -0.25) is 4.79 Å². The Balaban J connectivity index is 2.25. The van der Waals surface area contributed by atoms with Crippen LogP contribution in [0.3, 0.4) is 0 Å². The Kier molecular flexibility index (Phi) is 5.53. The zero-order valence-corrected chi connectivity index (χ0v) is 13.6. The highest BCUT2D eigenvalue weighted by molar-refractivity contribution is 9.10. The van der Waals surface area contributed by atoms with E-state index in [4.69, 9.17) is 5.73 Å². The molecule has 0 unspecified atom stereocenters. The summed E-state index contributed by atoms with van der Waals surface area (Å²) >= 11 is 3.51. The smallest absolute Gasteiger partial charge is 0.255 e. The molecular weight excluding hydrogens is 328 g/mol. The van der Waals surface area contributed by atoms with E-state index in [0.717, 1.165) is 15.6 Å². The molecule has 1 amide bonds. The molecule has 2 aromatic rings. The van der Waals surface area contributed by atoms with Gasteiger partial charge in [0.1, 0.15) is 0 Å². The Morgan fingerprint density at radius 2 is 1.86 bits per heavy atom. The largest absolute Gasteiger partial charge is 0.333 e. The summed E-state index contributed by atoms with van der Waals surface area (Å²) in [5.41, 5.74) is 8.49. The van der Waals surface area contributed by atoms with Crippen LogP contribution >= 0.6 is 15.9 Å². The van der Waals surface area contributed by atoms with Gasteiger partial charge >= 0.3 is 0 Å². The maximum Gasteiger partial charge on any atom is 0.255 e. The molecule has 0 saturated carbocycles. The normalized spacial score (nSPS) is 10.4. The van der Waals surface area contributed by atoms with Crippen LogP contribution in [0.15, 0.2) is 53.0 Å². The fourth-order valence-corrected chi connectivity index (χ4v) is 2.63. The van der Waals surface area contributed by atoms with Crippen LogP contribution in [0.25, 0.3) is 0 Å². The van der Waals surface area contributed by atoms with Gasteiger partial charge in [-0.25, -0.2) is 0 Å². The van der Waals surface area contributed by atoms with Gasteiger partial charge < -0.3 is 10.6 Å². The van der Waals surface area contributed by atoms with E-state index in [2.05, 4.69) is 15.9 Å². The third-order valence-corrected chi connectivity index (χ3v) is 4.38. The molecule has 0 fully saturated rings. The quantitative estimate of drug-likeness (QED) is 0.902. The molecular formula is C17H19BrN2O. The molecule has 2 N–H and O–H groups in total. The van der Waals surface area contributed by atoms with Crippen LogP contribution in [-0.2, 0) is 6.54 Å². The first-order valence-electron chi connectivity index (χ1n) is 6.92. The number of rotatable bonds is 5. The summed E-state index contributed by atoms with van der Waals surface area (Å²) in [6, 6.07) is 15.7. The van der Waals surface area contributed by atoms with Gasteiger partial charge in [-0.1, -0.05) is 42.5 Å². The molecule has 0 radical (unpaired) electrons. The van der Waals surface area contributed by atoms with Gasteiger partial charge in [0.2, 0.25) is 0 Å². The molecule has 3 nitrogen and oxygen atoms in total. The number of benzene rings is 2. The number of carbonyl (C=O) groups excluding carboxylic acids is 1. The summed E-state index contributed by atoms with van der Waals surface area (Å²) in [5, 5.41) is 0. The van der Waals surface area contributed by atoms with Crippen LogP contribution in [0.2, 0.25) is 0 Å². The van der Waals surface area contributed by atoms with E-state index >= 15 is 0 Å². The van der Waals surface area contributed by atoms with Crippen molar-refractivity contribution in [3.8, 4) is 0 Å². The molecule has 2 aromatic carbocycles. The second kappa shape index (κ2) is 7.38. The van der Waals surface area contributed by atoms with Gasteiger partial charge in [0.25, 0.3) is 5.91 Å². The van der Waals surface area contributed by atoms with Crippen LogP contribution in [0.4, 0.5) is 0 Å².